The Labute approximate surface area is 142 Å². The van der Waals surface area contributed by atoms with Crippen LogP contribution in [-0.4, -0.2) is 37.2 Å². The zero-order valence-electron chi connectivity index (χ0n) is 13.2. The van der Waals surface area contributed by atoms with Crippen LogP contribution >= 0.6 is 0 Å². The van der Waals surface area contributed by atoms with Crippen LogP contribution < -0.4 is 5.32 Å². The lowest BCUT2D eigenvalue weighted by molar-refractivity contribution is -0.384. The van der Waals surface area contributed by atoms with E-state index in [1.165, 1.54) is 35.0 Å². The first-order valence-corrected chi connectivity index (χ1v) is 7.73. The maximum Gasteiger partial charge on any atom is 0.305 e. The molecule has 0 radical (unpaired) electrons. The summed E-state index contributed by atoms with van der Waals surface area (Å²) in [6.45, 7) is 0. The van der Waals surface area contributed by atoms with Crippen molar-refractivity contribution in [1.82, 2.24) is 15.1 Å². The molecule has 1 aromatic heterocycles. The molecule has 0 spiro atoms. The highest BCUT2D eigenvalue weighted by Gasteiger charge is 2.40. The topological polar surface area (TPSA) is 127 Å². The number of nitrogens with one attached hydrogen (secondary N) is 1. The standard InChI is InChI=1S/C16H16N4O5/c21-14(22)10-16(7-1-8-16)17-15(23)13-6-9-19(18-13)11-2-4-12(5-3-11)20(24)25/h2-6,9H,1,7-8,10H2,(H,17,23)(H,21,22). The van der Waals surface area contributed by atoms with E-state index in [1.54, 1.807) is 6.20 Å². The predicted molar refractivity (Wildman–Crippen MR) is 86.5 cm³/mol. The minimum absolute atomic E-state index is 0.0329. The number of carboxylic acid groups (broad SMARTS) is 1. The summed E-state index contributed by atoms with van der Waals surface area (Å²) in [5.41, 5.74) is 0.0121. The first kappa shape index (κ1) is 16.6. The van der Waals surface area contributed by atoms with E-state index in [4.69, 9.17) is 5.11 Å². The lowest BCUT2D eigenvalue weighted by Crippen LogP contribution is -2.54. The van der Waals surface area contributed by atoms with Crippen molar-refractivity contribution in [3.05, 3.63) is 52.3 Å². The zero-order valence-corrected chi connectivity index (χ0v) is 13.2. The lowest BCUT2D eigenvalue weighted by atomic mass is 9.74. The molecule has 130 valence electrons. The Morgan fingerprint density at radius 2 is 1.96 bits per heavy atom. The van der Waals surface area contributed by atoms with Gasteiger partial charge in [-0.05, 0) is 37.5 Å². The van der Waals surface area contributed by atoms with Crippen molar-refractivity contribution in [2.24, 2.45) is 0 Å². The number of aromatic nitrogens is 2. The van der Waals surface area contributed by atoms with Crippen molar-refractivity contribution in [3.8, 4) is 5.69 Å². The van der Waals surface area contributed by atoms with E-state index in [0.717, 1.165) is 6.42 Å². The summed E-state index contributed by atoms with van der Waals surface area (Å²) in [5.74, 6) is -1.38. The van der Waals surface area contributed by atoms with E-state index < -0.39 is 22.3 Å². The van der Waals surface area contributed by atoms with Gasteiger partial charge in [-0.1, -0.05) is 0 Å². The fourth-order valence-corrected chi connectivity index (χ4v) is 2.86. The summed E-state index contributed by atoms with van der Waals surface area (Å²) >= 11 is 0. The van der Waals surface area contributed by atoms with Gasteiger partial charge in [-0.15, -0.1) is 0 Å². The molecule has 1 aliphatic rings. The number of carbonyl (C=O) groups excluding carboxylic acids is 1. The van der Waals surface area contributed by atoms with Crippen molar-refractivity contribution >= 4 is 17.6 Å². The number of benzene rings is 1. The van der Waals surface area contributed by atoms with Gasteiger partial charge in [0.1, 0.15) is 0 Å². The third-order valence-corrected chi connectivity index (χ3v) is 4.33. The second kappa shape index (κ2) is 6.34. The highest BCUT2D eigenvalue weighted by atomic mass is 16.6. The van der Waals surface area contributed by atoms with E-state index in [9.17, 15) is 19.7 Å². The van der Waals surface area contributed by atoms with Crippen LogP contribution in [-0.2, 0) is 4.79 Å². The molecule has 1 aromatic carbocycles. The van der Waals surface area contributed by atoms with Gasteiger partial charge in [0.05, 0.1) is 22.6 Å². The number of aliphatic carboxylic acids is 1. The van der Waals surface area contributed by atoms with Crippen molar-refractivity contribution in [3.63, 3.8) is 0 Å². The summed E-state index contributed by atoms with van der Waals surface area (Å²) in [4.78, 5) is 33.5. The summed E-state index contributed by atoms with van der Waals surface area (Å²) in [5, 5.41) is 26.6. The van der Waals surface area contributed by atoms with Crippen LogP contribution in [0.3, 0.4) is 0 Å². The third-order valence-electron chi connectivity index (χ3n) is 4.33. The minimum atomic E-state index is -0.948. The largest absolute Gasteiger partial charge is 0.481 e. The second-order valence-electron chi connectivity index (χ2n) is 6.08. The molecule has 1 saturated carbocycles. The molecule has 1 fully saturated rings. The average Bonchev–Trinajstić information content (AvgIpc) is 3.02. The summed E-state index contributed by atoms with van der Waals surface area (Å²) in [6.07, 6.45) is 3.61. The first-order valence-electron chi connectivity index (χ1n) is 7.73. The molecule has 1 aliphatic carbocycles. The number of nitro benzene ring substituents is 1. The number of carboxylic acids is 1. The molecule has 9 nitrogen and oxygen atoms in total. The third kappa shape index (κ3) is 3.49. The molecular formula is C16H16N4O5. The fraction of sp³-hybridized carbons (Fsp3) is 0.312. The van der Waals surface area contributed by atoms with E-state index in [0.29, 0.717) is 18.5 Å². The van der Waals surface area contributed by atoms with Gasteiger partial charge in [0.15, 0.2) is 5.69 Å². The highest BCUT2D eigenvalue weighted by molar-refractivity contribution is 5.93. The maximum absolute atomic E-state index is 12.4. The number of hydrogen-bond donors (Lipinski definition) is 2. The van der Waals surface area contributed by atoms with Crippen molar-refractivity contribution < 1.29 is 19.6 Å². The quantitative estimate of drug-likeness (QED) is 0.608. The van der Waals surface area contributed by atoms with E-state index >= 15 is 0 Å². The van der Waals surface area contributed by atoms with Crippen molar-refractivity contribution in [2.45, 2.75) is 31.2 Å². The molecule has 0 bridgehead atoms. The van der Waals surface area contributed by atoms with Crippen molar-refractivity contribution in [2.75, 3.05) is 0 Å². The number of rotatable bonds is 6. The number of amides is 1. The normalized spacial score (nSPS) is 15.2. The monoisotopic (exact) mass is 344 g/mol. The second-order valence-corrected chi connectivity index (χ2v) is 6.08. The number of nitro groups is 1. The van der Waals surface area contributed by atoms with Gasteiger partial charge in [0.2, 0.25) is 0 Å². The molecule has 0 saturated heterocycles. The van der Waals surface area contributed by atoms with Gasteiger partial charge in [-0.25, -0.2) is 4.68 Å². The molecule has 9 heteroatoms. The van der Waals surface area contributed by atoms with Crippen LogP contribution in [0.4, 0.5) is 5.69 Å². The molecular weight excluding hydrogens is 328 g/mol. The number of nitrogens with zero attached hydrogens (tertiary/aromatic N) is 3. The van der Waals surface area contributed by atoms with E-state index in [-0.39, 0.29) is 17.8 Å². The zero-order chi connectivity index (χ0) is 18.0. The SMILES string of the molecule is O=C(O)CC1(NC(=O)c2ccn(-c3ccc([N+](=O)[O-])cc3)n2)CCC1. The Balaban J connectivity index is 1.73. The Kier molecular flexibility index (Phi) is 4.22. The van der Waals surface area contributed by atoms with Crippen LogP contribution in [0.5, 0.6) is 0 Å². The Hall–Kier alpha value is -3.23. The number of non-ortho nitro benzene ring substituents is 1. The van der Waals surface area contributed by atoms with Crippen LogP contribution in [0.15, 0.2) is 36.5 Å². The van der Waals surface area contributed by atoms with Gasteiger partial charge in [0.25, 0.3) is 11.6 Å². The summed E-state index contributed by atoms with van der Waals surface area (Å²) < 4.78 is 1.43. The molecule has 0 unspecified atom stereocenters. The van der Waals surface area contributed by atoms with Crippen LogP contribution in [0, 0.1) is 10.1 Å². The van der Waals surface area contributed by atoms with Gasteiger partial charge in [0, 0.05) is 18.3 Å². The van der Waals surface area contributed by atoms with Crippen LogP contribution in [0.1, 0.15) is 36.2 Å². The van der Waals surface area contributed by atoms with E-state index in [2.05, 4.69) is 10.4 Å². The molecule has 0 atom stereocenters. The Morgan fingerprint density at radius 3 is 2.48 bits per heavy atom. The van der Waals surface area contributed by atoms with Crippen molar-refractivity contribution in [1.29, 1.82) is 0 Å². The van der Waals surface area contributed by atoms with Crippen LogP contribution in [0.25, 0.3) is 5.69 Å². The fourth-order valence-electron chi connectivity index (χ4n) is 2.86. The molecule has 2 N–H and O–H groups in total. The maximum atomic E-state index is 12.4. The summed E-state index contributed by atoms with van der Waals surface area (Å²) in [6, 6.07) is 7.29. The average molecular weight is 344 g/mol. The predicted octanol–water partition coefficient (Wildman–Crippen LogP) is 1.91. The van der Waals surface area contributed by atoms with Crippen LogP contribution in [0.2, 0.25) is 0 Å². The molecule has 1 amide bonds. The minimum Gasteiger partial charge on any atom is -0.481 e. The van der Waals surface area contributed by atoms with Gasteiger partial charge in [-0.2, -0.15) is 5.10 Å². The summed E-state index contributed by atoms with van der Waals surface area (Å²) in [7, 11) is 0. The van der Waals surface area contributed by atoms with Gasteiger partial charge >= 0.3 is 5.97 Å². The molecule has 0 aliphatic heterocycles. The van der Waals surface area contributed by atoms with Gasteiger partial charge < -0.3 is 10.4 Å². The lowest BCUT2D eigenvalue weighted by Gasteiger charge is -2.41. The molecule has 1 heterocycles. The van der Waals surface area contributed by atoms with E-state index in [1.807, 2.05) is 0 Å². The molecule has 2 aromatic rings. The highest BCUT2D eigenvalue weighted by Crippen LogP contribution is 2.35. The molecule has 3 rings (SSSR count). The van der Waals surface area contributed by atoms with Gasteiger partial charge in [-0.3, -0.25) is 19.7 Å². The number of carbonyl (C=O) groups is 2. The Bertz CT molecular complexity index is 823. The molecule has 25 heavy (non-hydrogen) atoms. The first-order chi connectivity index (χ1) is 11.9. The Morgan fingerprint density at radius 1 is 1.28 bits per heavy atom. The smallest absolute Gasteiger partial charge is 0.305 e. The number of hydrogen-bond acceptors (Lipinski definition) is 5.